The summed E-state index contributed by atoms with van der Waals surface area (Å²) in [7, 11) is 0. The summed E-state index contributed by atoms with van der Waals surface area (Å²) in [5, 5.41) is 0. The van der Waals surface area contributed by atoms with Crippen molar-refractivity contribution < 1.29 is 4.74 Å². The summed E-state index contributed by atoms with van der Waals surface area (Å²) in [5.41, 5.74) is 1.01. The van der Waals surface area contributed by atoms with E-state index in [-0.39, 0.29) is 0 Å². The molecule has 0 fully saturated rings. The number of benzene rings is 1. The maximum absolute atomic E-state index is 5.61. The van der Waals surface area contributed by atoms with Gasteiger partial charge in [-0.25, -0.2) is 0 Å². The summed E-state index contributed by atoms with van der Waals surface area (Å²) in [6.45, 7) is 4.17. The Balaban J connectivity index is 2.89. The summed E-state index contributed by atoms with van der Waals surface area (Å²) < 4.78 is 5.61. The van der Waals surface area contributed by atoms with Crippen molar-refractivity contribution in [2.75, 3.05) is 6.61 Å². The first kappa shape index (κ1) is 14.7. The molecular formula is C16H20GeO. The van der Waals surface area contributed by atoms with Crippen molar-refractivity contribution in [3.63, 3.8) is 0 Å². The Morgan fingerprint density at radius 3 is 2.50 bits per heavy atom. The second-order valence-electron chi connectivity index (χ2n) is 5.09. The van der Waals surface area contributed by atoms with E-state index in [9.17, 15) is 0 Å². The Kier molecular flexibility index (Phi) is 5.81. The van der Waals surface area contributed by atoms with Crippen LogP contribution < -0.4 is 0 Å². The van der Waals surface area contributed by atoms with Gasteiger partial charge in [-0.3, -0.25) is 0 Å². The van der Waals surface area contributed by atoms with Gasteiger partial charge in [-0.1, -0.05) is 0 Å². The van der Waals surface area contributed by atoms with Crippen LogP contribution in [0.5, 0.6) is 0 Å². The van der Waals surface area contributed by atoms with Gasteiger partial charge < -0.3 is 0 Å². The molecule has 1 aromatic rings. The van der Waals surface area contributed by atoms with Crippen molar-refractivity contribution in [2.24, 2.45) is 0 Å². The van der Waals surface area contributed by atoms with Crippen molar-refractivity contribution in [3.05, 3.63) is 59.2 Å². The zero-order valence-corrected chi connectivity index (χ0v) is 13.5. The van der Waals surface area contributed by atoms with E-state index in [0.29, 0.717) is 6.61 Å². The number of rotatable bonds is 4. The van der Waals surface area contributed by atoms with Crippen LogP contribution in [-0.4, -0.2) is 19.9 Å². The summed E-state index contributed by atoms with van der Waals surface area (Å²) >= 11 is -1.81. The molecule has 0 N–H and O–H groups in total. The third-order valence-corrected chi connectivity index (χ3v) is 4.39. The van der Waals surface area contributed by atoms with E-state index in [1.54, 1.807) is 6.08 Å². The Morgan fingerprint density at radius 2 is 1.94 bits per heavy atom. The molecule has 0 atom stereocenters. The molecule has 0 aliphatic rings. The molecule has 0 bridgehead atoms. The molecule has 0 radical (unpaired) electrons. The summed E-state index contributed by atoms with van der Waals surface area (Å²) in [5.74, 6) is 13.9. The fourth-order valence-electron chi connectivity index (χ4n) is 1.31. The zero-order chi connectivity index (χ0) is 13.4. The number of hydrogen-bond donors (Lipinski definition) is 0. The van der Waals surface area contributed by atoms with Crippen molar-refractivity contribution in [1.29, 1.82) is 0 Å². The third-order valence-electron chi connectivity index (χ3n) is 2.02. The summed E-state index contributed by atoms with van der Waals surface area (Å²) in [6, 6.07) is 9.95. The van der Waals surface area contributed by atoms with Crippen molar-refractivity contribution in [2.45, 2.75) is 17.3 Å². The van der Waals surface area contributed by atoms with Gasteiger partial charge in [0.25, 0.3) is 0 Å². The van der Waals surface area contributed by atoms with Crippen LogP contribution in [0.2, 0.25) is 17.3 Å². The van der Waals surface area contributed by atoms with Crippen LogP contribution in [0.1, 0.15) is 5.56 Å². The van der Waals surface area contributed by atoms with Gasteiger partial charge in [0.15, 0.2) is 0 Å². The van der Waals surface area contributed by atoms with E-state index in [1.807, 2.05) is 30.3 Å². The van der Waals surface area contributed by atoms with Gasteiger partial charge in [-0.05, 0) is 0 Å². The van der Waals surface area contributed by atoms with E-state index < -0.39 is 13.3 Å². The van der Waals surface area contributed by atoms with Crippen molar-refractivity contribution >= 4 is 13.3 Å². The molecule has 0 aliphatic heterocycles. The van der Waals surface area contributed by atoms with Gasteiger partial charge in [0, 0.05) is 0 Å². The maximum atomic E-state index is 5.61. The van der Waals surface area contributed by atoms with Gasteiger partial charge in [0.1, 0.15) is 0 Å². The average Bonchev–Trinajstić information content (AvgIpc) is 2.32. The molecule has 18 heavy (non-hydrogen) atoms. The number of hydrogen-bond acceptors (Lipinski definition) is 1. The number of allylic oxidation sites excluding steroid dienone is 1. The standard InChI is InChI=1S/C16H20GeO/c1-5-13-18-16(14-17(2,3)4)12-11-15-9-7-6-8-10-15/h5-10,14H,1,13H2,2-4H3/b16-14-. The average molecular weight is 301 g/mol. The van der Waals surface area contributed by atoms with Crippen LogP contribution in [0.15, 0.2) is 53.7 Å². The molecule has 1 nitrogen and oxygen atoms in total. The van der Waals surface area contributed by atoms with E-state index in [1.165, 1.54) is 0 Å². The SMILES string of the molecule is C=CCO/C(C#Cc1ccccc1)=[CH]\[Ge]([CH3])([CH3])[CH3]. The molecule has 0 unspecified atom stereocenters. The van der Waals surface area contributed by atoms with Crippen LogP contribution in [0.3, 0.4) is 0 Å². The molecule has 0 amide bonds. The topological polar surface area (TPSA) is 9.23 Å². The van der Waals surface area contributed by atoms with E-state index >= 15 is 0 Å². The molecule has 0 aromatic heterocycles. The van der Waals surface area contributed by atoms with Gasteiger partial charge >= 0.3 is 113 Å². The van der Waals surface area contributed by atoms with Crippen molar-refractivity contribution in [1.82, 2.24) is 0 Å². The Labute approximate surface area is 113 Å². The molecule has 94 valence electrons. The van der Waals surface area contributed by atoms with E-state index in [4.69, 9.17) is 4.74 Å². The second-order valence-corrected chi connectivity index (χ2v) is 15.6. The Hall–Kier alpha value is -1.40. The molecule has 0 saturated carbocycles. The molecule has 0 saturated heterocycles. The van der Waals surface area contributed by atoms with Gasteiger partial charge in [-0.15, -0.1) is 0 Å². The molecule has 0 aliphatic carbocycles. The first-order chi connectivity index (χ1) is 8.51. The van der Waals surface area contributed by atoms with Crippen LogP contribution in [0, 0.1) is 11.8 Å². The first-order valence-corrected chi connectivity index (χ1v) is 13.6. The normalized spacial score (nSPS) is 11.4. The molecule has 2 heteroatoms. The quantitative estimate of drug-likeness (QED) is 0.353. The predicted molar refractivity (Wildman–Crippen MR) is 80.9 cm³/mol. The van der Waals surface area contributed by atoms with E-state index in [0.717, 1.165) is 11.3 Å². The molecular weight excluding hydrogens is 281 g/mol. The first-order valence-electron chi connectivity index (χ1n) is 6.05. The monoisotopic (exact) mass is 302 g/mol. The summed E-state index contributed by atoms with van der Waals surface area (Å²) in [6.07, 6.45) is 1.74. The number of ether oxygens (including phenoxy) is 1. The van der Waals surface area contributed by atoms with Crippen LogP contribution in [-0.2, 0) is 4.74 Å². The van der Waals surface area contributed by atoms with Crippen LogP contribution in [0.4, 0.5) is 0 Å². The Morgan fingerprint density at radius 1 is 1.28 bits per heavy atom. The summed E-state index contributed by atoms with van der Waals surface area (Å²) in [4.78, 5) is 2.22. The molecule has 1 aromatic carbocycles. The molecule has 1 rings (SSSR count). The fourth-order valence-corrected chi connectivity index (χ4v) is 3.29. The third kappa shape index (κ3) is 6.37. The predicted octanol–water partition coefficient (Wildman–Crippen LogP) is 4.00. The minimum absolute atomic E-state index is 0.508. The van der Waals surface area contributed by atoms with Gasteiger partial charge in [0.2, 0.25) is 0 Å². The molecule has 0 spiro atoms. The minimum atomic E-state index is -1.81. The van der Waals surface area contributed by atoms with Crippen LogP contribution >= 0.6 is 0 Å². The van der Waals surface area contributed by atoms with Gasteiger partial charge in [0.05, 0.1) is 0 Å². The van der Waals surface area contributed by atoms with Crippen LogP contribution in [0.25, 0.3) is 0 Å². The Bertz CT molecular complexity index is 469. The fraction of sp³-hybridized carbons (Fsp3) is 0.250. The second kappa shape index (κ2) is 7.13. The molecule has 0 heterocycles. The zero-order valence-electron chi connectivity index (χ0n) is 11.4. The van der Waals surface area contributed by atoms with Crippen molar-refractivity contribution in [3.8, 4) is 11.8 Å². The van der Waals surface area contributed by atoms with E-state index in [2.05, 4.69) is 40.6 Å². The van der Waals surface area contributed by atoms with Gasteiger partial charge in [-0.2, -0.15) is 0 Å².